The molecule has 0 aliphatic heterocycles. The number of rotatable bonds is 6. The van der Waals surface area contributed by atoms with E-state index < -0.39 is 5.97 Å². The van der Waals surface area contributed by atoms with Crippen molar-refractivity contribution in [1.29, 1.82) is 0 Å². The number of hydrogen-bond donors (Lipinski definition) is 2. The first kappa shape index (κ1) is 14.8. The molecule has 0 saturated heterocycles. The summed E-state index contributed by atoms with van der Waals surface area (Å²) in [6.45, 7) is 9.21. The van der Waals surface area contributed by atoms with Gasteiger partial charge in [-0.1, -0.05) is 13.8 Å². The summed E-state index contributed by atoms with van der Waals surface area (Å²) >= 11 is 0. The standard InChI is InChI=1S/C13H24N2O3/c1-5-15(9(2)6-11(16)17)12(18)14-8-10-7-13(10,3)4/h9-10H,5-8H2,1-4H3,(H,14,18)(H,16,17). The molecule has 2 N–H and O–H groups in total. The van der Waals surface area contributed by atoms with Gasteiger partial charge in [0.05, 0.1) is 6.42 Å². The molecule has 1 aliphatic rings. The van der Waals surface area contributed by atoms with Gasteiger partial charge in [0.2, 0.25) is 0 Å². The van der Waals surface area contributed by atoms with Crippen molar-refractivity contribution in [3.63, 3.8) is 0 Å². The highest BCUT2D eigenvalue weighted by Crippen LogP contribution is 2.50. The van der Waals surface area contributed by atoms with E-state index in [1.807, 2.05) is 6.92 Å². The average molecular weight is 256 g/mol. The number of carboxylic acids is 1. The SMILES string of the molecule is CCN(C(=O)NCC1CC1(C)C)C(C)CC(=O)O. The number of nitrogens with one attached hydrogen (secondary N) is 1. The highest BCUT2D eigenvalue weighted by atomic mass is 16.4. The maximum atomic E-state index is 12.0. The van der Waals surface area contributed by atoms with Crippen LogP contribution < -0.4 is 5.32 Å². The number of carbonyl (C=O) groups excluding carboxylic acids is 1. The summed E-state index contributed by atoms with van der Waals surface area (Å²) in [6.07, 6.45) is 1.13. The third kappa shape index (κ3) is 3.89. The van der Waals surface area contributed by atoms with Gasteiger partial charge in [-0.15, -0.1) is 0 Å². The Labute approximate surface area is 109 Å². The van der Waals surface area contributed by atoms with Gasteiger partial charge in [0.25, 0.3) is 0 Å². The lowest BCUT2D eigenvalue weighted by Gasteiger charge is -2.27. The minimum atomic E-state index is -0.878. The maximum absolute atomic E-state index is 12.0. The predicted octanol–water partition coefficient (Wildman–Crippen LogP) is 1.93. The number of nitrogens with zero attached hydrogens (tertiary/aromatic N) is 1. The molecule has 2 unspecified atom stereocenters. The summed E-state index contributed by atoms with van der Waals surface area (Å²) < 4.78 is 0. The smallest absolute Gasteiger partial charge is 0.317 e. The number of amides is 2. The zero-order valence-corrected chi connectivity index (χ0v) is 11.7. The van der Waals surface area contributed by atoms with Crippen molar-refractivity contribution in [2.75, 3.05) is 13.1 Å². The summed E-state index contributed by atoms with van der Waals surface area (Å²) in [7, 11) is 0. The van der Waals surface area contributed by atoms with Crippen LogP contribution in [0.4, 0.5) is 4.79 Å². The quantitative estimate of drug-likeness (QED) is 0.763. The second-order valence-corrected chi connectivity index (χ2v) is 5.81. The number of urea groups is 1. The van der Waals surface area contributed by atoms with Crippen molar-refractivity contribution in [3.05, 3.63) is 0 Å². The van der Waals surface area contributed by atoms with Gasteiger partial charge >= 0.3 is 12.0 Å². The van der Waals surface area contributed by atoms with Crippen LogP contribution in [0.2, 0.25) is 0 Å². The first-order valence-electron chi connectivity index (χ1n) is 6.54. The van der Waals surface area contributed by atoms with E-state index in [0.29, 0.717) is 24.4 Å². The Morgan fingerprint density at radius 3 is 2.44 bits per heavy atom. The van der Waals surface area contributed by atoms with Gasteiger partial charge in [0.1, 0.15) is 0 Å². The minimum absolute atomic E-state index is 0.0177. The maximum Gasteiger partial charge on any atom is 0.317 e. The largest absolute Gasteiger partial charge is 0.481 e. The van der Waals surface area contributed by atoms with Crippen molar-refractivity contribution in [2.24, 2.45) is 11.3 Å². The van der Waals surface area contributed by atoms with Gasteiger partial charge in [-0.25, -0.2) is 4.79 Å². The highest BCUT2D eigenvalue weighted by Gasteiger charge is 2.45. The Morgan fingerprint density at radius 2 is 2.06 bits per heavy atom. The Morgan fingerprint density at radius 1 is 1.50 bits per heavy atom. The van der Waals surface area contributed by atoms with Crippen LogP contribution in [0.15, 0.2) is 0 Å². The van der Waals surface area contributed by atoms with Crippen LogP contribution in [0.3, 0.4) is 0 Å². The van der Waals surface area contributed by atoms with Gasteiger partial charge in [0, 0.05) is 19.1 Å². The van der Waals surface area contributed by atoms with Crippen LogP contribution in [-0.4, -0.2) is 41.1 Å². The van der Waals surface area contributed by atoms with Crippen molar-refractivity contribution >= 4 is 12.0 Å². The predicted molar refractivity (Wildman–Crippen MR) is 69.4 cm³/mol. The van der Waals surface area contributed by atoms with E-state index in [1.165, 1.54) is 0 Å². The number of carboxylic acid groups (broad SMARTS) is 1. The van der Waals surface area contributed by atoms with Crippen molar-refractivity contribution < 1.29 is 14.7 Å². The molecule has 1 aliphatic carbocycles. The van der Waals surface area contributed by atoms with Crippen LogP contribution in [0, 0.1) is 11.3 Å². The van der Waals surface area contributed by atoms with Gasteiger partial charge in [-0.3, -0.25) is 4.79 Å². The van der Waals surface area contributed by atoms with Crippen molar-refractivity contribution in [3.8, 4) is 0 Å². The second kappa shape index (κ2) is 5.59. The summed E-state index contributed by atoms with van der Waals surface area (Å²) in [5, 5.41) is 11.6. The molecule has 5 nitrogen and oxygen atoms in total. The fraction of sp³-hybridized carbons (Fsp3) is 0.846. The molecule has 0 aromatic heterocycles. The fourth-order valence-electron chi connectivity index (χ4n) is 2.26. The molecule has 2 atom stereocenters. The van der Waals surface area contributed by atoms with Crippen molar-refractivity contribution in [1.82, 2.24) is 10.2 Å². The lowest BCUT2D eigenvalue weighted by Crippen LogP contribution is -2.46. The molecular weight excluding hydrogens is 232 g/mol. The average Bonchev–Trinajstić information content (AvgIpc) is 2.83. The second-order valence-electron chi connectivity index (χ2n) is 5.81. The van der Waals surface area contributed by atoms with E-state index >= 15 is 0 Å². The summed E-state index contributed by atoms with van der Waals surface area (Å²) in [5.41, 5.74) is 0.344. The van der Waals surface area contributed by atoms with E-state index in [9.17, 15) is 9.59 Å². The summed E-state index contributed by atoms with van der Waals surface area (Å²) in [5.74, 6) is -0.327. The van der Waals surface area contributed by atoms with Gasteiger partial charge < -0.3 is 15.3 Å². The Balaban J connectivity index is 2.39. The molecule has 5 heteroatoms. The summed E-state index contributed by atoms with van der Waals surface area (Å²) in [6, 6.07) is -0.436. The van der Waals surface area contributed by atoms with E-state index in [2.05, 4.69) is 19.2 Å². The van der Waals surface area contributed by atoms with E-state index in [4.69, 9.17) is 5.11 Å². The van der Waals surface area contributed by atoms with E-state index in [1.54, 1.807) is 11.8 Å². The third-order valence-corrected chi connectivity index (χ3v) is 3.82. The van der Waals surface area contributed by atoms with Gasteiger partial charge in [0.15, 0.2) is 0 Å². The molecule has 104 valence electrons. The molecule has 0 aromatic carbocycles. The Hall–Kier alpha value is -1.26. The van der Waals surface area contributed by atoms with Crippen LogP contribution in [0.25, 0.3) is 0 Å². The Bertz CT molecular complexity index is 328. The first-order chi connectivity index (χ1) is 8.27. The molecule has 0 bridgehead atoms. The topological polar surface area (TPSA) is 69.6 Å². The number of carbonyl (C=O) groups is 2. The van der Waals surface area contributed by atoms with Crippen LogP contribution >= 0.6 is 0 Å². The normalized spacial score (nSPS) is 22.1. The lowest BCUT2D eigenvalue weighted by molar-refractivity contribution is -0.138. The number of hydrogen-bond acceptors (Lipinski definition) is 2. The molecule has 1 saturated carbocycles. The molecule has 0 aromatic rings. The van der Waals surface area contributed by atoms with Gasteiger partial charge in [-0.2, -0.15) is 0 Å². The van der Waals surface area contributed by atoms with Crippen LogP contribution in [0.5, 0.6) is 0 Å². The van der Waals surface area contributed by atoms with E-state index in [-0.39, 0.29) is 18.5 Å². The zero-order chi connectivity index (χ0) is 13.9. The molecule has 18 heavy (non-hydrogen) atoms. The highest BCUT2D eigenvalue weighted by molar-refractivity contribution is 5.75. The lowest BCUT2D eigenvalue weighted by atomic mass is 10.1. The fourth-order valence-corrected chi connectivity index (χ4v) is 2.26. The molecular formula is C13H24N2O3. The van der Waals surface area contributed by atoms with Crippen LogP contribution in [-0.2, 0) is 4.79 Å². The monoisotopic (exact) mass is 256 g/mol. The molecule has 2 amide bonds. The zero-order valence-electron chi connectivity index (χ0n) is 11.7. The van der Waals surface area contributed by atoms with Crippen molar-refractivity contribution in [2.45, 2.75) is 46.6 Å². The third-order valence-electron chi connectivity index (χ3n) is 3.82. The number of aliphatic carboxylic acids is 1. The minimum Gasteiger partial charge on any atom is -0.481 e. The van der Waals surface area contributed by atoms with Gasteiger partial charge in [-0.05, 0) is 31.6 Å². The first-order valence-corrected chi connectivity index (χ1v) is 6.54. The molecule has 1 rings (SSSR count). The summed E-state index contributed by atoms with van der Waals surface area (Å²) in [4.78, 5) is 24.2. The molecule has 0 radical (unpaired) electrons. The molecule has 0 heterocycles. The molecule has 1 fully saturated rings. The van der Waals surface area contributed by atoms with E-state index in [0.717, 1.165) is 6.42 Å². The Kier molecular flexibility index (Phi) is 4.59. The molecule has 0 spiro atoms. The van der Waals surface area contributed by atoms with Crippen LogP contribution in [0.1, 0.15) is 40.5 Å².